The second-order valence-corrected chi connectivity index (χ2v) is 9.52. The summed E-state index contributed by atoms with van der Waals surface area (Å²) in [6.07, 6.45) is 3.21. The lowest BCUT2D eigenvalue weighted by atomic mass is 10.2. The number of aliphatic hydroxyl groups is 1. The van der Waals surface area contributed by atoms with E-state index in [2.05, 4.69) is 4.90 Å². The van der Waals surface area contributed by atoms with Gasteiger partial charge in [0.2, 0.25) is 5.88 Å². The van der Waals surface area contributed by atoms with Gasteiger partial charge >= 0.3 is 0 Å². The number of furan rings is 1. The van der Waals surface area contributed by atoms with Crippen molar-refractivity contribution in [2.45, 2.75) is 45.1 Å². The zero-order valence-electron chi connectivity index (χ0n) is 20.2. The molecule has 1 unspecified atom stereocenters. The van der Waals surface area contributed by atoms with E-state index in [0.717, 1.165) is 41.3 Å². The number of aromatic nitrogens is 2. The Labute approximate surface area is 215 Å². The molecule has 2 aromatic heterocycles. The molecule has 0 bridgehead atoms. The van der Waals surface area contributed by atoms with Crippen LogP contribution in [-0.2, 0) is 17.9 Å². The van der Waals surface area contributed by atoms with Crippen molar-refractivity contribution in [1.82, 2.24) is 14.7 Å². The van der Waals surface area contributed by atoms with E-state index in [1.54, 1.807) is 10.9 Å². The maximum atomic E-state index is 10.7. The van der Waals surface area contributed by atoms with Crippen LogP contribution in [0, 0.1) is 6.92 Å². The van der Waals surface area contributed by atoms with Crippen LogP contribution in [0.25, 0.3) is 5.69 Å². The number of para-hydroxylation sites is 1. The summed E-state index contributed by atoms with van der Waals surface area (Å²) >= 11 is 6.28. The Bertz CT molecular complexity index is 1260. The number of benzene rings is 2. The Morgan fingerprint density at radius 1 is 1.14 bits per heavy atom. The van der Waals surface area contributed by atoms with Gasteiger partial charge < -0.3 is 19.0 Å². The number of ether oxygens (including phenoxy) is 2. The minimum atomic E-state index is -0.623. The molecular weight excluding hydrogens is 478 g/mol. The van der Waals surface area contributed by atoms with Crippen LogP contribution >= 0.6 is 11.6 Å². The van der Waals surface area contributed by atoms with E-state index in [1.807, 2.05) is 73.7 Å². The summed E-state index contributed by atoms with van der Waals surface area (Å²) in [5, 5.41) is 16.2. The molecule has 2 heterocycles. The fraction of sp³-hybridized carbons (Fsp3) is 0.321. The summed E-state index contributed by atoms with van der Waals surface area (Å²) in [7, 11) is 0. The number of rotatable bonds is 12. The Hall–Kier alpha value is -3.10. The number of aliphatic hydroxyl groups excluding tert-OH is 1. The molecule has 0 saturated heterocycles. The molecule has 36 heavy (non-hydrogen) atoms. The fourth-order valence-electron chi connectivity index (χ4n) is 4.21. The molecule has 8 heteroatoms. The SMILES string of the molecule is Cc1nn(-c2cccc(Cl)c2)c(Oc2ccccc2)c1CN(CC(O)COCc1ccco1)C1CC1. The van der Waals surface area contributed by atoms with Crippen LogP contribution in [-0.4, -0.2) is 45.1 Å². The summed E-state index contributed by atoms with van der Waals surface area (Å²) in [6, 6.07) is 21.4. The van der Waals surface area contributed by atoms with Gasteiger partial charge in [0.15, 0.2) is 0 Å². The van der Waals surface area contributed by atoms with Crippen molar-refractivity contribution in [1.29, 1.82) is 0 Å². The van der Waals surface area contributed by atoms with Crippen LogP contribution in [0.15, 0.2) is 77.4 Å². The van der Waals surface area contributed by atoms with Gasteiger partial charge in [-0.15, -0.1) is 0 Å². The molecule has 5 rings (SSSR count). The third-order valence-corrected chi connectivity index (χ3v) is 6.39. The zero-order chi connectivity index (χ0) is 24.9. The van der Waals surface area contributed by atoms with Crippen LogP contribution in [0.1, 0.15) is 29.9 Å². The first kappa shape index (κ1) is 24.6. The second-order valence-electron chi connectivity index (χ2n) is 9.08. The zero-order valence-corrected chi connectivity index (χ0v) is 21.0. The van der Waals surface area contributed by atoms with Gasteiger partial charge in [-0.3, -0.25) is 4.90 Å². The summed E-state index contributed by atoms with van der Waals surface area (Å²) in [5.74, 6) is 2.12. The molecule has 1 aliphatic carbocycles. The quantitative estimate of drug-likeness (QED) is 0.263. The highest BCUT2D eigenvalue weighted by atomic mass is 35.5. The maximum Gasteiger partial charge on any atom is 0.227 e. The summed E-state index contributed by atoms with van der Waals surface area (Å²) in [5.41, 5.74) is 2.68. The van der Waals surface area contributed by atoms with Gasteiger partial charge in [-0.2, -0.15) is 5.10 Å². The summed E-state index contributed by atoms with van der Waals surface area (Å²) in [4.78, 5) is 2.30. The van der Waals surface area contributed by atoms with Crippen molar-refractivity contribution < 1.29 is 19.0 Å². The molecule has 0 spiro atoms. The average Bonchev–Trinajstić information content (AvgIpc) is 3.51. The Balaban J connectivity index is 1.36. The monoisotopic (exact) mass is 507 g/mol. The van der Waals surface area contributed by atoms with E-state index in [0.29, 0.717) is 36.6 Å². The standard InChI is InChI=1S/C28H30ClN3O4/c1-20-27(17-31(22-12-13-22)16-24(33)18-34-19-26-11-6-14-35-26)28(36-25-9-3-2-4-10-25)32(30-20)23-8-5-7-21(29)15-23/h2-11,14-15,22,24,33H,12-13,16-19H2,1H3. The van der Waals surface area contributed by atoms with E-state index < -0.39 is 6.10 Å². The molecular formula is C28H30ClN3O4. The number of aryl methyl sites for hydroxylation is 1. The normalized spacial score (nSPS) is 14.3. The van der Waals surface area contributed by atoms with Gasteiger partial charge in [0, 0.05) is 24.2 Å². The molecule has 0 radical (unpaired) electrons. The van der Waals surface area contributed by atoms with Crippen molar-refractivity contribution in [3.8, 4) is 17.3 Å². The Morgan fingerprint density at radius 2 is 1.97 bits per heavy atom. The van der Waals surface area contributed by atoms with E-state index in [4.69, 9.17) is 30.6 Å². The number of hydrogen-bond donors (Lipinski definition) is 1. The highest BCUT2D eigenvalue weighted by Gasteiger charge is 2.32. The lowest BCUT2D eigenvalue weighted by Gasteiger charge is -2.25. The largest absolute Gasteiger partial charge is 0.467 e. The minimum Gasteiger partial charge on any atom is -0.467 e. The van der Waals surface area contributed by atoms with Gasteiger partial charge in [-0.1, -0.05) is 35.9 Å². The first-order chi connectivity index (χ1) is 17.6. The molecule has 188 valence electrons. The van der Waals surface area contributed by atoms with Crippen molar-refractivity contribution in [3.05, 3.63) is 95.0 Å². The van der Waals surface area contributed by atoms with Crippen molar-refractivity contribution in [2.24, 2.45) is 0 Å². The first-order valence-electron chi connectivity index (χ1n) is 12.2. The molecule has 0 aliphatic heterocycles. The van der Waals surface area contributed by atoms with Gasteiger partial charge in [0.25, 0.3) is 0 Å². The molecule has 1 aliphatic rings. The smallest absolute Gasteiger partial charge is 0.227 e. The van der Waals surface area contributed by atoms with Crippen molar-refractivity contribution in [2.75, 3.05) is 13.2 Å². The molecule has 1 atom stereocenters. The van der Waals surface area contributed by atoms with E-state index in [9.17, 15) is 5.11 Å². The lowest BCUT2D eigenvalue weighted by Crippen LogP contribution is -2.36. The van der Waals surface area contributed by atoms with E-state index >= 15 is 0 Å². The summed E-state index contributed by atoms with van der Waals surface area (Å²) < 4.78 is 19.2. The molecule has 0 amide bonds. The van der Waals surface area contributed by atoms with E-state index in [1.165, 1.54) is 0 Å². The summed E-state index contributed by atoms with van der Waals surface area (Å²) in [6.45, 7) is 3.66. The number of halogens is 1. The lowest BCUT2D eigenvalue weighted by molar-refractivity contribution is 0.00235. The topological polar surface area (TPSA) is 72.9 Å². The van der Waals surface area contributed by atoms with Gasteiger partial charge in [0.05, 0.1) is 35.9 Å². The molecule has 4 aromatic rings. The average molecular weight is 508 g/mol. The molecule has 1 fully saturated rings. The Morgan fingerprint density at radius 3 is 2.69 bits per heavy atom. The number of nitrogens with zero attached hydrogens (tertiary/aromatic N) is 3. The minimum absolute atomic E-state index is 0.234. The van der Waals surface area contributed by atoms with Gasteiger partial charge in [0.1, 0.15) is 18.1 Å². The van der Waals surface area contributed by atoms with Crippen molar-refractivity contribution in [3.63, 3.8) is 0 Å². The third kappa shape index (κ3) is 6.17. The van der Waals surface area contributed by atoms with Crippen LogP contribution < -0.4 is 4.74 Å². The Kier molecular flexibility index (Phi) is 7.72. The molecule has 7 nitrogen and oxygen atoms in total. The second kappa shape index (κ2) is 11.3. The molecule has 1 N–H and O–H groups in total. The first-order valence-corrected chi connectivity index (χ1v) is 12.5. The van der Waals surface area contributed by atoms with Crippen LogP contribution in [0.4, 0.5) is 0 Å². The predicted molar refractivity (Wildman–Crippen MR) is 138 cm³/mol. The number of hydrogen-bond acceptors (Lipinski definition) is 6. The fourth-order valence-corrected chi connectivity index (χ4v) is 4.39. The highest BCUT2D eigenvalue weighted by molar-refractivity contribution is 6.30. The molecule has 1 saturated carbocycles. The van der Waals surface area contributed by atoms with Crippen LogP contribution in [0.2, 0.25) is 5.02 Å². The maximum absolute atomic E-state index is 10.7. The van der Waals surface area contributed by atoms with Crippen LogP contribution in [0.3, 0.4) is 0 Å². The van der Waals surface area contributed by atoms with Crippen LogP contribution in [0.5, 0.6) is 11.6 Å². The van der Waals surface area contributed by atoms with Crippen molar-refractivity contribution >= 4 is 11.6 Å². The van der Waals surface area contributed by atoms with Gasteiger partial charge in [-0.05, 0) is 62.2 Å². The predicted octanol–water partition coefficient (Wildman–Crippen LogP) is 5.76. The van der Waals surface area contributed by atoms with E-state index in [-0.39, 0.29) is 6.61 Å². The molecule has 2 aromatic carbocycles. The van der Waals surface area contributed by atoms with Gasteiger partial charge in [-0.25, -0.2) is 4.68 Å². The third-order valence-electron chi connectivity index (χ3n) is 6.15. The highest BCUT2D eigenvalue weighted by Crippen LogP contribution is 2.35.